The summed E-state index contributed by atoms with van der Waals surface area (Å²) in [6, 6.07) is 7.81. The fourth-order valence-corrected chi connectivity index (χ4v) is 1.84. The van der Waals surface area contributed by atoms with E-state index in [0.29, 0.717) is 0 Å². The third kappa shape index (κ3) is 3.06. The zero-order valence-electron chi connectivity index (χ0n) is 10.6. The molecule has 0 aliphatic heterocycles. The van der Waals surface area contributed by atoms with E-state index in [1.807, 2.05) is 52.0 Å². The van der Waals surface area contributed by atoms with E-state index < -0.39 is 6.10 Å². The van der Waals surface area contributed by atoms with Crippen LogP contribution in [0.15, 0.2) is 24.3 Å². The lowest BCUT2D eigenvalue weighted by atomic mass is 9.76. The van der Waals surface area contributed by atoms with E-state index in [0.717, 1.165) is 5.56 Å². The van der Waals surface area contributed by atoms with Crippen molar-refractivity contribution in [3.05, 3.63) is 35.4 Å². The Bertz CT molecular complexity index is 322. The molecule has 2 N–H and O–H groups in total. The summed E-state index contributed by atoms with van der Waals surface area (Å²) in [5.74, 6) is -0.143. The first kappa shape index (κ1) is 13.2. The topological polar surface area (TPSA) is 40.5 Å². The molecule has 0 bridgehead atoms. The zero-order valence-corrected chi connectivity index (χ0v) is 10.6. The second kappa shape index (κ2) is 4.98. The third-order valence-corrected chi connectivity index (χ3v) is 3.11. The highest BCUT2D eigenvalue weighted by molar-refractivity contribution is 5.23. The maximum Gasteiger partial charge on any atom is 0.0845 e. The Morgan fingerprint density at radius 2 is 1.62 bits per heavy atom. The maximum absolute atomic E-state index is 10.2. The molecule has 0 radical (unpaired) electrons. The van der Waals surface area contributed by atoms with Gasteiger partial charge in [0.1, 0.15) is 0 Å². The second-order valence-corrected chi connectivity index (χ2v) is 5.51. The first-order valence-electron chi connectivity index (χ1n) is 5.71. The van der Waals surface area contributed by atoms with E-state index in [-0.39, 0.29) is 17.9 Å². The minimum absolute atomic E-state index is 0.00145. The van der Waals surface area contributed by atoms with Crippen LogP contribution in [0.25, 0.3) is 0 Å². The van der Waals surface area contributed by atoms with Gasteiger partial charge >= 0.3 is 0 Å². The minimum Gasteiger partial charge on any atom is -0.396 e. The van der Waals surface area contributed by atoms with Gasteiger partial charge in [-0.3, -0.25) is 0 Å². The zero-order chi connectivity index (χ0) is 12.3. The van der Waals surface area contributed by atoms with Gasteiger partial charge in [-0.2, -0.15) is 0 Å². The van der Waals surface area contributed by atoms with E-state index in [1.165, 1.54) is 5.56 Å². The van der Waals surface area contributed by atoms with Gasteiger partial charge in [-0.1, -0.05) is 50.6 Å². The number of hydrogen-bond acceptors (Lipinski definition) is 2. The fourth-order valence-electron chi connectivity index (χ4n) is 1.84. The molecule has 0 saturated carbocycles. The highest BCUT2D eigenvalue weighted by Gasteiger charge is 2.31. The lowest BCUT2D eigenvalue weighted by Gasteiger charge is -2.33. The number of rotatable bonds is 3. The van der Waals surface area contributed by atoms with E-state index in [9.17, 15) is 10.2 Å². The number of aryl methyl sites for hydroxylation is 1. The molecule has 90 valence electrons. The summed E-state index contributed by atoms with van der Waals surface area (Å²) in [6.45, 7) is 8.11. The Kier molecular flexibility index (Phi) is 4.11. The quantitative estimate of drug-likeness (QED) is 0.825. The molecule has 0 aliphatic carbocycles. The summed E-state index contributed by atoms with van der Waals surface area (Å²) in [7, 11) is 0. The average Bonchev–Trinajstić information content (AvgIpc) is 2.17. The van der Waals surface area contributed by atoms with E-state index in [4.69, 9.17) is 0 Å². The predicted molar refractivity (Wildman–Crippen MR) is 66.2 cm³/mol. The Balaban J connectivity index is 2.91. The molecule has 0 aliphatic rings. The summed E-state index contributed by atoms with van der Waals surface area (Å²) >= 11 is 0. The minimum atomic E-state index is -0.606. The van der Waals surface area contributed by atoms with Crippen LogP contribution in [-0.2, 0) is 0 Å². The monoisotopic (exact) mass is 222 g/mol. The standard InChI is InChI=1S/C14H22O2/c1-10-5-7-11(8-6-10)13(16)12(9-15)14(2,3)4/h5-8,12-13,15-16H,9H2,1-4H3/t12-,13+/m1/s1. The third-order valence-electron chi connectivity index (χ3n) is 3.11. The van der Waals surface area contributed by atoms with Gasteiger partial charge in [0.2, 0.25) is 0 Å². The van der Waals surface area contributed by atoms with Crippen LogP contribution in [0.5, 0.6) is 0 Å². The Morgan fingerprint density at radius 1 is 1.12 bits per heavy atom. The fraction of sp³-hybridized carbons (Fsp3) is 0.571. The van der Waals surface area contributed by atoms with Crippen molar-refractivity contribution in [3.8, 4) is 0 Å². The first-order chi connectivity index (χ1) is 7.36. The van der Waals surface area contributed by atoms with Crippen molar-refractivity contribution in [2.45, 2.75) is 33.8 Å². The molecule has 2 heteroatoms. The number of benzene rings is 1. The molecule has 1 aromatic carbocycles. The van der Waals surface area contributed by atoms with Gasteiger partial charge in [0.05, 0.1) is 6.10 Å². The van der Waals surface area contributed by atoms with Crippen LogP contribution >= 0.6 is 0 Å². The van der Waals surface area contributed by atoms with Crippen LogP contribution in [0.4, 0.5) is 0 Å². The molecular formula is C14H22O2. The highest BCUT2D eigenvalue weighted by atomic mass is 16.3. The van der Waals surface area contributed by atoms with Crippen molar-refractivity contribution in [1.82, 2.24) is 0 Å². The summed E-state index contributed by atoms with van der Waals surface area (Å²) in [6.07, 6.45) is -0.606. The van der Waals surface area contributed by atoms with Gasteiger partial charge < -0.3 is 10.2 Å². The van der Waals surface area contributed by atoms with Gasteiger partial charge in [-0.15, -0.1) is 0 Å². The summed E-state index contributed by atoms with van der Waals surface area (Å²) in [5.41, 5.74) is 1.94. The molecule has 0 saturated heterocycles. The summed E-state index contributed by atoms with van der Waals surface area (Å²) in [4.78, 5) is 0. The molecule has 1 rings (SSSR count). The van der Waals surface area contributed by atoms with E-state index in [2.05, 4.69) is 0 Å². The van der Waals surface area contributed by atoms with Crippen LogP contribution in [-0.4, -0.2) is 16.8 Å². The normalized spacial score (nSPS) is 15.9. The van der Waals surface area contributed by atoms with Crippen molar-refractivity contribution in [2.24, 2.45) is 11.3 Å². The average molecular weight is 222 g/mol. The highest BCUT2D eigenvalue weighted by Crippen LogP contribution is 2.35. The largest absolute Gasteiger partial charge is 0.396 e. The number of aliphatic hydroxyl groups excluding tert-OH is 2. The molecule has 16 heavy (non-hydrogen) atoms. The van der Waals surface area contributed by atoms with Crippen LogP contribution in [0.1, 0.15) is 38.0 Å². The SMILES string of the molecule is Cc1ccc([C@H](O)[C@@H](CO)C(C)(C)C)cc1. The molecule has 2 nitrogen and oxygen atoms in total. The first-order valence-corrected chi connectivity index (χ1v) is 5.71. The molecule has 0 spiro atoms. The van der Waals surface area contributed by atoms with Gasteiger partial charge in [0, 0.05) is 12.5 Å². The van der Waals surface area contributed by atoms with Crippen molar-refractivity contribution in [3.63, 3.8) is 0 Å². The van der Waals surface area contributed by atoms with Gasteiger partial charge in [-0.05, 0) is 17.9 Å². The van der Waals surface area contributed by atoms with Gasteiger partial charge in [0.15, 0.2) is 0 Å². The summed E-state index contributed by atoms with van der Waals surface area (Å²) in [5, 5.41) is 19.6. The summed E-state index contributed by atoms with van der Waals surface area (Å²) < 4.78 is 0. The second-order valence-electron chi connectivity index (χ2n) is 5.51. The van der Waals surface area contributed by atoms with Gasteiger partial charge in [0.25, 0.3) is 0 Å². The van der Waals surface area contributed by atoms with Crippen LogP contribution in [0.2, 0.25) is 0 Å². The smallest absolute Gasteiger partial charge is 0.0845 e. The number of hydrogen-bond donors (Lipinski definition) is 2. The van der Waals surface area contributed by atoms with Crippen LogP contribution in [0, 0.1) is 18.3 Å². The predicted octanol–water partition coefficient (Wildman–Crippen LogP) is 2.68. The molecule has 0 fully saturated rings. The number of aliphatic hydroxyl groups is 2. The van der Waals surface area contributed by atoms with E-state index >= 15 is 0 Å². The molecule has 0 aromatic heterocycles. The molecular weight excluding hydrogens is 200 g/mol. The van der Waals surface area contributed by atoms with E-state index in [1.54, 1.807) is 0 Å². The van der Waals surface area contributed by atoms with Crippen molar-refractivity contribution in [1.29, 1.82) is 0 Å². The molecule has 2 atom stereocenters. The van der Waals surface area contributed by atoms with Crippen molar-refractivity contribution < 1.29 is 10.2 Å². The van der Waals surface area contributed by atoms with Crippen molar-refractivity contribution in [2.75, 3.05) is 6.61 Å². The molecule has 0 heterocycles. The lowest BCUT2D eigenvalue weighted by Crippen LogP contribution is -2.30. The molecule has 0 unspecified atom stereocenters. The Hall–Kier alpha value is -0.860. The Labute approximate surface area is 97.9 Å². The van der Waals surface area contributed by atoms with Crippen LogP contribution in [0.3, 0.4) is 0 Å². The Morgan fingerprint density at radius 3 is 2.00 bits per heavy atom. The van der Waals surface area contributed by atoms with Gasteiger partial charge in [-0.25, -0.2) is 0 Å². The van der Waals surface area contributed by atoms with Crippen molar-refractivity contribution >= 4 is 0 Å². The molecule has 1 aromatic rings. The molecule has 0 amide bonds. The lowest BCUT2D eigenvalue weighted by molar-refractivity contribution is 0.00421. The maximum atomic E-state index is 10.2. The van der Waals surface area contributed by atoms with Crippen LogP contribution < -0.4 is 0 Å².